The lowest BCUT2D eigenvalue weighted by Gasteiger charge is -2.16. The normalized spacial score (nSPS) is 13.1. The van der Waals surface area contributed by atoms with E-state index in [0.29, 0.717) is 15.6 Å². The van der Waals surface area contributed by atoms with Gasteiger partial charge in [0.05, 0.1) is 4.90 Å². The lowest BCUT2D eigenvalue weighted by atomic mass is 10.1. The van der Waals surface area contributed by atoms with Gasteiger partial charge in [0.15, 0.2) is 11.6 Å². The lowest BCUT2D eigenvalue weighted by molar-refractivity contribution is 0.504. The Kier molecular flexibility index (Phi) is 4.99. The molecule has 7 heteroatoms. The van der Waals surface area contributed by atoms with Crippen LogP contribution in [0, 0.1) is 18.6 Å². The Hall–Kier alpha value is -1.31. The predicted octanol–water partition coefficient (Wildman–Crippen LogP) is 4.08. The minimum absolute atomic E-state index is 0.135. The summed E-state index contributed by atoms with van der Waals surface area (Å²) in [7, 11) is -3.78. The van der Waals surface area contributed by atoms with Crippen LogP contribution in [-0.4, -0.2) is 8.42 Å². The third-order valence-electron chi connectivity index (χ3n) is 3.22. The van der Waals surface area contributed by atoms with Gasteiger partial charge in [-0.3, -0.25) is 0 Å². The molecule has 1 atom stereocenters. The van der Waals surface area contributed by atoms with Crippen molar-refractivity contribution in [2.24, 2.45) is 0 Å². The molecule has 0 aliphatic rings. The second-order valence-corrected chi connectivity index (χ2v) is 7.52. The molecule has 0 unspecified atom stereocenters. The van der Waals surface area contributed by atoms with Crippen LogP contribution < -0.4 is 4.72 Å². The van der Waals surface area contributed by atoms with E-state index in [1.54, 1.807) is 26.0 Å². The summed E-state index contributed by atoms with van der Waals surface area (Å²) in [6.45, 7) is 3.25. The van der Waals surface area contributed by atoms with Crippen molar-refractivity contribution in [3.8, 4) is 0 Å². The van der Waals surface area contributed by atoms with Crippen molar-refractivity contribution in [3.05, 3.63) is 63.6 Å². The van der Waals surface area contributed by atoms with E-state index in [9.17, 15) is 17.2 Å². The molecule has 1 N–H and O–H groups in total. The minimum atomic E-state index is -3.78. The summed E-state index contributed by atoms with van der Waals surface area (Å²) in [6.07, 6.45) is 0. The fraction of sp³-hybridized carbons (Fsp3) is 0.200. The molecule has 0 aliphatic heterocycles. The van der Waals surface area contributed by atoms with Crippen LogP contribution in [0.3, 0.4) is 0 Å². The van der Waals surface area contributed by atoms with Crippen molar-refractivity contribution in [1.29, 1.82) is 0 Å². The van der Waals surface area contributed by atoms with Crippen LogP contribution in [0.5, 0.6) is 0 Å². The maximum Gasteiger partial charge on any atom is 0.241 e. The zero-order chi connectivity index (χ0) is 16.5. The van der Waals surface area contributed by atoms with E-state index in [1.165, 1.54) is 12.1 Å². The van der Waals surface area contributed by atoms with Crippen LogP contribution in [0.1, 0.15) is 24.1 Å². The second kappa shape index (κ2) is 6.44. The largest absolute Gasteiger partial charge is 0.241 e. The molecule has 2 rings (SSSR count). The Bertz CT molecular complexity index is 809. The Morgan fingerprint density at radius 2 is 1.77 bits per heavy atom. The average molecular weight is 390 g/mol. The number of benzene rings is 2. The summed E-state index contributed by atoms with van der Waals surface area (Å²) in [6, 6.07) is 7.53. The van der Waals surface area contributed by atoms with Crippen molar-refractivity contribution >= 4 is 26.0 Å². The second-order valence-electron chi connectivity index (χ2n) is 4.93. The molecule has 118 valence electrons. The Labute approximate surface area is 136 Å². The third-order valence-corrected chi connectivity index (χ3v) is 5.39. The summed E-state index contributed by atoms with van der Waals surface area (Å²) >= 11 is 3.23. The molecular weight excluding hydrogens is 376 g/mol. The quantitative estimate of drug-likeness (QED) is 0.856. The van der Waals surface area contributed by atoms with Gasteiger partial charge in [-0.25, -0.2) is 21.9 Å². The van der Waals surface area contributed by atoms with Crippen LogP contribution in [0.4, 0.5) is 8.78 Å². The van der Waals surface area contributed by atoms with E-state index in [-0.39, 0.29) is 4.90 Å². The van der Waals surface area contributed by atoms with Gasteiger partial charge in [0.2, 0.25) is 10.0 Å². The summed E-state index contributed by atoms with van der Waals surface area (Å²) in [5.74, 6) is -1.98. The first kappa shape index (κ1) is 17.1. The number of nitrogens with one attached hydrogen (secondary N) is 1. The average Bonchev–Trinajstić information content (AvgIpc) is 2.43. The topological polar surface area (TPSA) is 46.2 Å². The Balaban J connectivity index is 2.31. The van der Waals surface area contributed by atoms with Crippen molar-refractivity contribution in [1.82, 2.24) is 4.72 Å². The standard InChI is InChI=1S/C15H14BrF2NO2S/c1-9-3-5-12(16)8-15(9)22(20,21)19-10(2)11-4-6-13(17)14(18)7-11/h3-8,10,19H,1-2H3/t10-/m1/s1. The zero-order valence-electron chi connectivity index (χ0n) is 11.9. The van der Waals surface area contributed by atoms with E-state index < -0.39 is 27.7 Å². The highest BCUT2D eigenvalue weighted by atomic mass is 79.9. The molecule has 0 heterocycles. The fourth-order valence-corrected chi connectivity index (χ4v) is 4.02. The van der Waals surface area contributed by atoms with E-state index in [0.717, 1.165) is 12.1 Å². The Morgan fingerprint density at radius 3 is 2.41 bits per heavy atom. The van der Waals surface area contributed by atoms with Crippen molar-refractivity contribution < 1.29 is 17.2 Å². The number of hydrogen-bond donors (Lipinski definition) is 1. The molecule has 22 heavy (non-hydrogen) atoms. The van der Waals surface area contributed by atoms with E-state index >= 15 is 0 Å². The number of sulfonamides is 1. The van der Waals surface area contributed by atoms with Gasteiger partial charge in [0.1, 0.15) is 0 Å². The highest BCUT2D eigenvalue weighted by Crippen LogP contribution is 2.23. The summed E-state index contributed by atoms with van der Waals surface area (Å²) in [5, 5.41) is 0. The van der Waals surface area contributed by atoms with Crippen LogP contribution in [-0.2, 0) is 10.0 Å². The first-order chi connectivity index (χ1) is 10.2. The van der Waals surface area contributed by atoms with Gasteiger partial charge in [0, 0.05) is 10.5 Å². The number of aryl methyl sites for hydroxylation is 1. The van der Waals surface area contributed by atoms with Gasteiger partial charge < -0.3 is 0 Å². The molecule has 0 aromatic heterocycles. The van der Waals surface area contributed by atoms with Crippen molar-refractivity contribution in [2.75, 3.05) is 0 Å². The molecule has 0 fully saturated rings. The van der Waals surface area contributed by atoms with Gasteiger partial charge in [-0.05, 0) is 49.2 Å². The first-order valence-electron chi connectivity index (χ1n) is 6.44. The molecule has 2 aromatic rings. The van der Waals surface area contributed by atoms with Crippen molar-refractivity contribution in [3.63, 3.8) is 0 Å². The monoisotopic (exact) mass is 389 g/mol. The Morgan fingerprint density at radius 1 is 1.09 bits per heavy atom. The van der Waals surface area contributed by atoms with Gasteiger partial charge in [0.25, 0.3) is 0 Å². The molecule has 0 saturated heterocycles. The van der Waals surface area contributed by atoms with Crippen LogP contribution in [0.15, 0.2) is 45.8 Å². The smallest absolute Gasteiger partial charge is 0.207 e. The molecule has 0 amide bonds. The van der Waals surface area contributed by atoms with Gasteiger partial charge in [-0.2, -0.15) is 0 Å². The fourth-order valence-electron chi connectivity index (χ4n) is 2.01. The van der Waals surface area contributed by atoms with Crippen LogP contribution in [0.25, 0.3) is 0 Å². The number of halogens is 3. The van der Waals surface area contributed by atoms with Gasteiger partial charge in [-0.15, -0.1) is 0 Å². The van der Waals surface area contributed by atoms with E-state index in [1.807, 2.05) is 0 Å². The maximum absolute atomic E-state index is 13.3. The third kappa shape index (κ3) is 3.71. The molecule has 3 nitrogen and oxygen atoms in total. The van der Waals surface area contributed by atoms with E-state index in [2.05, 4.69) is 20.7 Å². The summed E-state index contributed by atoms with van der Waals surface area (Å²) < 4.78 is 54.2. The van der Waals surface area contributed by atoms with Crippen LogP contribution >= 0.6 is 15.9 Å². The molecule has 2 aromatic carbocycles. The van der Waals surface area contributed by atoms with E-state index in [4.69, 9.17) is 0 Å². The highest BCUT2D eigenvalue weighted by molar-refractivity contribution is 9.10. The lowest BCUT2D eigenvalue weighted by Crippen LogP contribution is -2.27. The first-order valence-corrected chi connectivity index (χ1v) is 8.72. The molecule has 0 bridgehead atoms. The maximum atomic E-state index is 13.3. The molecule has 0 spiro atoms. The molecule has 0 saturated carbocycles. The molecular formula is C15H14BrF2NO2S. The SMILES string of the molecule is Cc1ccc(Br)cc1S(=O)(=O)N[C@H](C)c1ccc(F)c(F)c1. The minimum Gasteiger partial charge on any atom is -0.207 e. The highest BCUT2D eigenvalue weighted by Gasteiger charge is 2.21. The molecule has 0 aliphatic carbocycles. The van der Waals surface area contributed by atoms with Gasteiger partial charge in [-0.1, -0.05) is 28.1 Å². The number of hydrogen-bond acceptors (Lipinski definition) is 2. The summed E-state index contributed by atoms with van der Waals surface area (Å²) in [5.41, 5.74) is 0.934. The van der Waals surface area contributed by atoms with Crippen LogP contribution in [0.2, 0.25) is 0 Å². The summed E-state index contributed by atoms with van der Waals surface area (Å²) in [4.78, 5) is 0.135. The zero-order valence-corrected chi connectivity index (χ0v) is 14.3. The van der Waals surface area contributed by atoms with Crippen molar-refractivity contribution in [2.45, 2.75) is 24.8 Å². The predicted molar refractivity (Wildman–Crippen MR) is 84.0 cm³/mol. The van der Waals surface area contributed by atoms with Gasteiger partial charge >= 0.3 is 0 Å². The number of rotatable bonds is 4. The molecule has 0 radical (unpaired) electrons.